The average molecular weight is 847 g/mol. The number of unbranched alkanes of at least 4 members (excludes halogenated alkanes) is 25. The standard InChI is InChI=1S/C52H95NO7/c1-6-8-10-12-14-16-18-20-21-22-23-24-25-26-27-28-29-31-32-34-36-38-40-42-50(54)59-47-48(46-58-45-44-49(52(56)57)53(3,4)5)60-51(55)43-41-39-37-35-33-30-19-17-15-13-11-9-7-2/h11,13,17,19,22-23,48-49H,6-10,12,14-16,18,20-21,24-47H2,1-5H3/p+1/b13-11-,19-17-,23-22-. The molecule has 0 aromatic rings. The van der Waals surface area contributed by atoms with Crippen molar-refractivity contribution in [3.63, 3.8) is 0 Å². The lowest BCUT2D eigenvalue weighted by molar-refractivity contribution is -0.887. The van der Waals surface area contributed by atoms with Crippen LogP contribution in [0.4, 0.5) is 0 Å². The lowest BCUT2D eigenvalue weighted by Gasteiger charge is -2.31. The number of nitrogens with zero attached hydrogens (tertiary/aromatic N) is 1. The van der Waals surface area contributed by atoms with Crippen molar-refractivity contribution < 1.29 is 38.2 Å². The second-order valence-electron chi connectivity index (χ2n) is 18.1. The van der Waals surface area contributed by atoms with E-state index in [0.29, 0.717) is 19.3 Å². The third-order valence-corrected chi connectivity index (χ3v) is 11.2. The van der Waals surface area contributed by atoms with Gasteiger partial charge in [0.25, 0.3) is 0 Å². The van der Waals surface area contributed by atoms with Gasteiger partial charge in [-0.2, -0.15) is 0 Å². The number of rotatable bonds is 45. The molecule has 0 aromatic heterocycles. The minimum Gasteiger partial charge on any atom is -0.477 e. The van der Waals surface area contributed by atoms with Crippen LogP contribution in [0.2, 0.25) is 0 Å². The van der Waals surface area contributed by atoms with Crippen molar-refractivity contribution in [1.82, 2.24) is 0 Å². The zero-order chi connectivity index (χ0) is 44.2. The monoisotopic (exact) mass is 847 g/mol. The van der Waals surface area contributed by atoms with Crippen molar-refractivity contribution >= 4 is 17.9 Å². The summed E-state index contributed by atoms with van der Waals surface area (Å²) in [5, 5.41) is 9.63. The molecule has 8 nitrogen and oxygen atoms in total. The summed E-state index contributed by atoms with van der Waals surface area (Å²) in [5.74, 6) is -1.48. The number of aliphatic carboxylic acids is 1. The Labute approximate surface area is 370 Å². The van der Waals surface area contributed by atoms with Crippen molar-refractivity contribution in [1.29, 1.82) is 0 Å². The van der Waals surface area contributed by atoms with E-state index in [1.54, 1.807) is 0 Å². The summed E-state index contributed by atoms with van der Waals surface area (Å²) in [6, 6.07) is -0.616. The highest BCUT2D eigenvalue weighted by molar-refractivity contribution is 5.72. The van der Waals surface area contributed by atoms with E-state index in [9.17, 15) is 19.5 Å². The minimum atomic E-state index is -0.876. The smallest absolute Gasteiger partial charge is 0.362 e. The van der Waals surface area contributed by atoms with E-state index in [0.717, 1.165) is 70.6 Å². The van der Waals surface area contributed by atoms with Crippen LogP contribution in [-0.2, 0) is 28.6 Å². The molecule has 0 aliphatic rings. The number of carboxylic acid groups (broad SMARTS) is 1. The molecule has 0 aliphatic carbocycles. The molecular formula is C52H96NO7+. The fraction of sp³-hybridized carbons (Fsp3) is 0.827. The number of hydrogen-bond donors (Lipinski definition) is 1. The largest absolute Gasteiger partial charge is 0.477 e. The van der Waals surface area contributed by atoms with Crippen LogP contribution >= 0.6 is 0 Å². The van der Waals surface area contributed by atoms with Crippen LogP contribution in [-0.4, -0.2) is 80.6 Å². The zero-order valence-electron chi connectivity index (χ0n) is 39.9. The van der Waals surface area contributed by atoms with Gasteiger partial charge >= 0.3 is 17.9 Å². The minimum absolute atomic E-state index is 0.0553. The molecule has 0 radical (unpaired) electrons. The summed E-state index contributed by atoms with van der Waals surface area (Å²) in [6.45, 7) is 4.68. The molecule has 350 valence electrons. The van der Waals surface area contributed by atoms with Crippen LogP contribution in [0.15, 0.2) is 36.5 Å². The summed E-state index contributed by atoms with van der Waals surface area (Å²) in [7, 11) is 5.53. The van der Waals surface area contributed by atoms with Gasteiger partial charge in [0.05, 0.1) is 34.4 Å². The maximum absolute atomic E-state index is 12.7. The first-order valence-corrected chi connectivity index (χ1v) is 25.0. The first-order chi connectivity index (χ1) is 29.1. The van der Waals surface area contributed by atoms with E-state index < -0.39 is 18.1 Å². The number of carboxylic acids is 1. The molecule has 60 heavy (non-hydrogen) atoms. The van der Waals surface area contributed by atoms with Crippen LogP contribution in [0, 0.1) is 0 Å². The number of hydrogen-bond acceptors (Lipinski definition) is 6. The molecule has 8 heteroatoms. The summed E-state index contributed by atoms with van der Waals surface area (Å²) in [4.78, 5) is 37.1. The Hall–Kier alpha value is -2.45. The highest BCUT2D eigenvalue weighted by Crippen LogP contribution is 2.15. The fourth-order valence-corrected chi connectivity index (χ4v) is 7.36. The first-order valence-electron chi connectivity index (χ1n) is 25.0. The number of carbonyl (C=O) groups excluding carboxylic acids is 2. The number of allylic oxidation sites excluding steroid dienone is 6. The van der Waals surface area contributed by atoms with Crippen molar-refractivity contribution in [2.45, 2.75) is 238 Å². The first kappa shape index (κ1) is 57.5. The molecule has 0 saturated heterocycles. The van der Waals surface area contributed by atoms with E-state index >= 15 is 0 Å². The van der Waals surface area contributed by atoms with E-state index in [-0.39, 0.29) is 36.2 Å². The molecule has 0 amide bonds. The normalized spacial score (nSPS) is 13.2. The summed E-state index contributed by atoms with van der Waals surface area (Å²) in [6.07, 6.45) is 50.5. The van der Waals surface area contributed by atoms with Crippen LogP contribution < -0.4 is 0 Å². The highest BCUT2D eigenvalue weighted by Gasteiger charge is 2.31. The third-order valence-electron chi connectivity index (χ3n) is 11.2. The topological polar surface area (TPSA) is 99.1 Å². The Morgan fingerprint density at radius 2 is 0.917 bits per heavy atom. The molecule has 0 saturated carbocycles. The van der Waals surface area contributed by atoms with Gasteiger partial charge in [0, 0.05) is 19.3 Å². The molecule has 0 aromatic carbocycles. The molecule has 0 aliphatic heterocycles. The van der Waals surface area contributed by atoms with Gasteiger partial charge in [0.1, 0.15) is 6.61 Å². The van der Waals surface area contributed by atoms with E-state index in [1.807, 2.05) is 21.1 Å². The fourth-order valence-electron chi connectivity index (χ4n) is 7.36. The molecule has 0 spiro atoms. The number of quaternary nitrogens is 1. The van der Waals surface area contributed by atoms with Gasteiger partial charge in [-0.1, -0.05) is 179 Å². The molecule has 0 heterocycles. The molecule has 0 bridgehead atoms. The summed E-state index contributed by atoms with van der Waals surface area (Å²) < 4.78 is 17.3. The Kier molecular flexibility index (Phi) is 41.4. The quantitative estimate of drug-likeness (QED) is 0.0282. The second-order valence-corrected chi connectivity index (χ2v) is 18.1. The van der Waals surface area contributed by atoms with Gasteiger partial charge in [0.2, 0.25) is 0 Å². The summed E-state index contributed by atoms with van der Waals surface area (Å²) >= 11 is 0. The average Bonchev–Trinajstić information content (AvgIpc) is 3.21. The van der Waals surface area contributed by atoms with Gasteiger partial charge < -0.3 is 23.8 Å². The van der Waals surface area contributed by atoms with Crippen LogP contribution in [0.25, 0.3) is 0 Å². The Bertz CT molecular complexity index is 1080. The third kappa shape index (κ3) is 40.9. The molecule has 1 N–H and O–H groups in total. The Morgan fingerprint density at radius 1 is 0.500 bits per heavy atom. The zero-order valence-corrected chi connectivity index (χ0v) is 39.9. The van der Waals surface area contributed by atoms with E-state index in [4.69, 9.17) is 14.2 Å². The van der Waals surface area contributed by atoms with Crippen molar-refractivity contribution in [3.05, 3.63) is 36.5 Å². The van der Waals surface area contributed by atoms with Crippen LogP contribution in [0.3, 0.4) is 0 Å². The number of likely N-dealkylation sites (N-methyl/N-ethyl adjacent to an activating group) is 1. The summed E-state index contributed by atoms with van der Waals surface area (Å²) in [5.41, 5.74) is 0. The molecule has 0 rings (SSSR count). The lowest BCUT2D eigenvalue weighted by Crippen LogP contribution is -2.50. The van der Waals surface area contributed by atoms with Gasteiger partial charge in [-0.25, -0.2) is 4.79 Å². The molecule has 2 unspecified atom stereocenters. The molecule has 2 atom stereocenters. The van der Waals surface area contributed by atoms with Gasteiger partial charge in [-0.3, -0.25) is 9.59 Å². The Balaban J connectivity index is 4.18. The van der Waals surface area contributed by atoms with Crippen molar-refractivity contribution in [2.24, 2.45) is 0 Å². The maximum Gasteiger partial charge on any atom is 0.362 e. The van der Waals surface area contributed by atoms with Gasteiger partial charge in [0.15, 0.2) is 12.1 Å². The Morgan fingerprint density at radius 3 is 1.37 bits per heavy atom. The van der Waals surface area contributed by atoms with E-state index in [2.05, 4.69) is 50.3 Å². The van der Waals surface area contributed by atoms with Crippen LogP contribution in [0.1, 0.15) is 226 Å². The predicted octanol–water partition coefficient (Wildman–Crippen LogP) is 14.2. The number of ether oxygens (including phenoxy) is 3. The maximum atomic E-state index is 12.7. The van der Waals surface area contributed by atoms with Crippen molar-refractivity contribution in [3.8, 4) is 0 Å². The van der Waals surface area contributed by atoms with E-state index in [1.165, 1.54) is 122 Å². The molecule has 0 fully saturated rings. The number of esters is 2. The number of carbonyl (C=O) groups is 3. The predicted molar refractivity (Wildman–Crippen MR) is 252 cm³/mol. The van der Waals surface area contributed by atoms with Gasteiger partial charge in [-0.05, 0) is 64.2 Å². The lowest BCUT2D eigenvalue weighted by atomic mass is 10.0. The van der Waals surface area contributed by atoms with Gasteiger partial charge in [-0.15, -0.1) is 0 Å². The van der Waals surface area contributed by atoms with Crippen LogP contribution in [0.5, 0.6) is 0 Å². The highest BCUT2D eigenvalue weighted by atomic mass is 16.6. The SMILES string of the molecule is CCC/C=C\C/C=C\CCCCCCCC(=O)OC(COCCC(C(=O)O)[N+](C)(C)C)COC(=O)CCCCCCCCCCCCC/C=C\CCCCCCCCCC. The second kappa shape index (κ2) is 43.2. The molecular weight excluding hydrogens is 751 g/mol. The van der Waals surface area contributed by atoms with Crippen molar-refractivity contribution in [2.75, 3.05) is 41.0 Å².